The van der Waals surface area contributed by atoms with Gasteiger partial charge < -0.3 is 9.84 Å². The monoisotopic (exact) mass is 277 g/mol. The normalized spacial score (nSPS) is 12.8. The van der Waals surface area contributed by atoms with Crippen LogP contribution < -0.4 is 0 Å². The molecule has 0 aliphatic carbocycles. The predicted molar refractivity (Wildman–Crippen MR) is 79.7 cm³/mol. The third kappa shape index (κ3) is 6.48. The Morgan fingerprint density at radius 2 is 2.05 bits per heavy atom. The summed E-state index contributed by atoms with van der Waals surface area (Å²) in [6, 6.07) is 8.96. The second kappa shape index (κ2) is 7.80. The first-order valence-electron chi connectivity index (χ1n) is 6.81. The maximum atomic E-state index is 11.9. The van der Waals surface area contributed by atoms with Crippen LogP contribution in [-0.4, -0.2) is 29.4 Å². The van der Waals surface area contributed by atoms with Gasteiger partial charge in [0, 0.05) is 0 Å². The first kappa shape index (κ1) is 16.4. The number of ether oxygens (including phenoxy) is 1. The third-order valence-corrected chi connectivity index (χ3v) is 2.98. The van der Waals surface area contributed by atoms with E-state index in [0.717, 1.165) is 5.56 Å². The van der Waals surface area contributed by atoms with Crippen LogP contribution in [0.3, 0.4) is 0 Å². The van der Waals surface area contributed by atoms with E-state index in [-0.39, 0.29) is 12.6 Å². The Hall–Kier alpha value is -1.68. The van der Waals surface area contributed by atoms with Crippen LogP contribution >= 0.6 is 0 Å². The number of aliphatic imine (C=N–C) groups is 1. The summed E-state index contributed by atoms with van der Waals surface area (Å²) in [5.41, 5.74) is 0.222. The van der Waals surface area contributed by atoms with Crippen molar-refractivity contribution in [2.75, 3.05) is 0 Å². The molecule has 1 rings (SSSR count). The molecule has 0 fully saturated rings. The maximum absolute atomic E-state index is 11.9. The van der Waals surface area contributed by atoms with Gasteiger partial charge in [-0.15, -0.1) is 0 Å². The number of carbonyl (C=O) groups excluding carboxylic acids is 1. The molecule has 0 unspecified atom stereocenters. The SMILES string of the molecule is C=N[C@@H](CCCC(C)(C)O)C(=O)OCc1ccccc1. The second-order valence-corrected chi connectivity index (χ2v) is 5.50. The van der Waals surface area contributed by atoms with Crippen molar-refractivity contribution >= 4 is 12.7 Å². The first-order chi connectivity index (χ1) is 9.42. The topological polar surface area (TPSA) is 58.9 Å². The minimum absolute atomic E-state index is 0.247. The second-order valence-electron chi connectivity index (χ2n) is 5.50. The smallest absolute Gasteiger partial charge is 0.331 e. The highest BCUT2D eigenvalue weighted by Crippen LogP contribution is 2.15. The molecule has 0 amide bonds. The van der Waals surface area contributed by atoms with Crippen LogP contribution in [0.5, 0.6) is 0 Å². The highest BCUT2D eigenvalue weighted by atomic mass is 16.5. The molecule has 0 aliphatic rings. The van der Waals surface area contributed by atoms with Gasteiger partial charge in [-0.2, -0.15) is 0 Å². The number of benzene rings is 1. The van der Waals surface area contributed by atoms with Crippen LogP contribution in [-0.2, 0) is 16.1 Å². The Morgan fingerprint density at radius 1 is 1.40 bits per heavy atom. The number of carbonyl (C=O) groups is 1. The fourth-order valence-corrected chi connectivity index (χ4v) is 1.84. The molecule has 0 aliphatic heterocycles. The zero-order valence-electron chi connectivity index (χ0n) is 12.2. The van der Waals surface area contributed by atoms with E-state index in [1.165, 1.54) is 0 Å². The summed E-state index contributed by atoms with van der Waals surface area (Å²) < 4.78 is 5.23. The van der Waals surface area contributed by atoms with Gasteiger partial charge in [0.2, 0.25) is 0 Å². The highest BCUT2D eigenvalue weighted by molar-refractivity contribution is 5.76. The van der Waals surface area contributed by atoms with Gasteiger partial charge in [-0.3, -0.25) is 4.99 Å². The van der Waals surface area contributed by atoms with Gasteiger partial charge in [-0.1, -0.05) is 30.3 Å². The Bertz CT molecular complexity index is 423. The molecule has 1 N–H and O–H groups in total. The maximum Gasteiger partial charge on any atom is 0.331 e. The van der Waals surface area contributed by atoms with Gasteiger partial charge in [0.05, 0.1) is 5.60 Å². The van der Waals surface area contributed by atoms with Crippen molar-refractivity contribution in [1.29, 1.82) is 0 Å². The Labute approximate surface area is 120 Å². The first-order valence-corrected chi connectivity index (χ1v) is 6.81. The molecule has 1 atom stereocenters. The van der Waals surface area contributed by atoms with Crippen molar-refractivity contribution < 1.29 is 14.6 Å². The molecule has 0 saturated carbocycles. The molecule has 0 heterocycles. The largest absolute Gasteiger partial charge is 0.459 e. The number of hydrogen-bond donors (Lipinski definition) is 1. The van der Waals surface area contributed by atoms with Crippen LogP contribution in [0.1, 0.15) is 38.7 Å². The number of hydrogen-bond acceptors (Lipinski definition) is 4. The molecule has 20 heavy (non-hydrogen) atoms. The lowest BCUT2D eigenvalue weighted by atomic mass is 9.99. The van der Waals surface area contributed by atoms with Crippen LogP contribution in [0.25, 0.3) is 0 Å². The highest BCUT2D eigenvalue weighted by Gasteiger charge is 2.20. The van der Waals surface area contributed by atoms with E-state index in [2.05, 4.69) is 11.7 Å². The van der Waals surface area contributed by atoms with Crippen molar-refractivity contribution in [3.8, 4) is 0 Å². The number of rotatable bonds is 8. The fraction of sp³-hybridized carbons (Fsp3) is 0.500. The minimum atomic E-state index is -0.723. The zero-order chi connectivity index (χ0) is 15.0. The lowest BCUT2D eigenvalue weighted by molar-refractivity contribution is -0.146. The average Bonchev–Trinajstić information content (AvgIpc) is 2.41. The zero-order valence-corrected chi connectivity index (χ0v) is 12.2. The number of aliphatic hydroxyl groups is 1. The lowest BCUT2D eigenvalue weighted by Crippen LogP contribution is -2.23. The molecule has 0 saturated heterocycles. The van der Waals surface area contributed by atoms with E-state index in [0.29, 0.717) is 19.3 Å². The standard InChI is InChI=1S/C16H23NO3/c1-16(2,19)11-7-10-14(17-3)15(18)20-12-13-8-5-4-6-9-13/h4-6,8-9,14,19H,3,7,10-12H2,1-2H3/t14-/m0/s1. The van der Waals surface area contributed by atoms with Gasteiger partial charge in [-0.05, 0) is 45.4 Å². The molecule has 1 aromatic rings. The van der Waals surface area contributed by atoms with E-state index in [1.54, 1.807) is 13.8 Å². The predicted octanol–water partition coefficient (Wildman–Crippen LogP) is 2.74. The van der Waals surface area contributed by atoms with E-state index < -0.39 is 11.6 Å². The summed E-state index contributed by atoms with van der Waals surface area (Å²) in [5.74, 6) is -0.361. The summed E-state index contributed by atoms with van der Waals surface area (Å²) in [6.07, 6.45) is 1.86. The Morgan fingerprint density at radius 3 is 2.60 bits per heavy atom. The third-order valence-electron chi connectivity index (χ3n) is 2.98. The van der Waals surface area contributed by atoms with E-state index in [9.17, 15) is 9.90 Å². The van der Waals surface area contributed by atoms with E-state index in [1.807, 2.05) is 30.3 Å². The summed E-state index contributed by atoms with van der Waals surface area (Å²) in [5, 5.41) is 9.63. The molecule has 0 aromatic heterocycles. The van der Waals surface area contributed by atoms with Gasteiger partial charge >= 0.3 is 5.97 Å². The molecule has 0 bridgehead atoms. The van der Waals surface area contributed by atoms with Crippen molar-refractivity contribution in [3.05, 3.63) is 35.9 Å². The summed E-state index contributed by atoms with van der Waals surface area (Å²) >= 11 is 0. The number of esters is 1. The Balaban J connectivity index is 2.37. The molecular weight excluding hydrogens is 254 g/mol. The molecule has 0 radical (unpaired) electrons. The summed E-state index contributed by atoms with van der Waals surface area (Å²) in [4.78, 5) is 15.7. The molecule has 0 spiro atoms. The van der Waals surface area contributed by atoms with Crippen molar-refractivity contribution in [1.82, 2.24) is 0 Å². The summed E-state index contributed by atoms with van der Waals surface area (Å²) in [6.45, 7) is 7.18. The van der Waals surface area contributed by atoms with Gasteiger partial charge in [0.1, 0.15) is 12.6 Å². The molecule has 4 nitrogen and oxygen atoms in total. The molecule has 110 valence electrons. The minimum Gasteiger partial charge on any atom is -0.459 e. The van der Waals surface area contributed by atoms with Crippen molar-refractivity contribution in [2.24, 2.45) is 4.99 Å². The van der Waals surface area contributed by atoms with Crippen molar-refractivity contribution in [3.63, 3.8) is 0 Å². The van der Waals surface area contributed by atoms with E-state index in [4.69, 9.17) is 4.74 Å². The number of nitrogens with zero attached hydrogens (tertiary/aromatic N) is 1. The lowest BCUT2D eigenvalue weighted by Gasteiger charge is -2.18. The quantitative estimate of drug-likeness (QED) is 0.587. The van der Waals surface area contributed by atoms with Crippen molar-refractivity contribution in [2.45, 2.75) is 51.4 Å². The average molecular weight is 277 g/mol. The summed E-state index contributed by atoms with van der Waals surface area (Å²) in [7, 11) is 0. The van der Waals surface area contributed by atoms with Crippen LogP contribution in [0.2, 0.25) is 0 Å². The van der Waals surface area contributed by atoms with Gasteiger partial charge in [0.15, 0.2) is 0 Å². The molecular formula is C16H23NO3. The Kier molecular flexibility index (Phi) is 6.39. The van der Waals surface area contributed by atoms with Crippen LogP contribution in [0.4, 0.5) is 0 Å². The van der Waals surface area contributed by atoms with Gasteiger partial charge in [-0.25, -0.2) is 4.79 Å². The van der Waals surface area contributed by atoms with Crippen LogP contribution in [0, 0.1) is 0 Å². The molecule has 1 aromatic carbocycles. The van der Waals surface area contributed by atoms with E-state index >= 15 is 0 Å². The fourth-order valence-electron chi connectivity index (χ4n) is 1.84. The molecule has 4 heteroatoms. The van der Waals surface area contributed by atoms with Crippen LogP contribution in [0.15, 0.2) is 35.3 Å². The van der Waals surface area contributed by atoms with Gasteiger partial charge in [0.25, 0.3) is 0 Å².